The molecule has 1 fully saturated rings. The van der Waals surface area contributed by atoms with E-state index in [2.05, 4.69) is 10.1 Å². The summed E-state index contributed by atoms with van der Waals surface area (Å²) in [4.78, 5) is 27.8. The van der Waals surface area contributed by atoms with Gasteiger partial charge in [0.05, 0.1) is 17.7 Å². The van der Waals surface area contributed by atoms with Crippen LogP contribution in [0.3, 0.4) is 0 Å². The second kappa shape index (κ2) is 8.26. The highest BCUT2D eigenvalue weighted by molar-refractivity contribution is 6.31. The fourth-order valence-corrected chi connectivity index (χ4v) is 3.07. The number of amides is 2. The number of rotatable bonds is 3. The van der Waals surface area contributed by atoms with Gasteiger partial charge in [-0.1, -0.05) is 17.7 Å². The summed E-state index contributed by atoms with van der Waals surface area (Å²) in [5.41, 5.74) is 1.72. The molecule has 2 amide bonds. The molecule has 0 spiro atoms. The molecule has 0 radical (unpaired) electrons. The predicted octanol–water partition coefficient (Wildman–Crippen LogP) is 3.62. The van der Waals surface area contributed by atoms with Crippen molar-refractivity contribution in [1.29, 1.82) is 0 Å². The zero-order valence-electron chi connectivity index (χ0n) is 14.7. The van der Waals surface area contributed by atoms with Gasteiger partial charge in [-0.2, -0.15) is 0 Å². The average molecular weight is 392 g/mol. The van der Waals surface area contributed by atoms with Crippen LogP contribution in [0.5, 0.6) is 0 Å². The summed E-state index contributed by atoms with van der Waals surface area (Å²) >= 11 is 5.84. The van der Waals surface area contributed by atoms with Crippen molar-refractivity contribution in [3.05, 3.63) is 58.9 Å². The Labute approximate surface area is 161 Å². The first kappa shape index (κ1) is 19.0. The van der Waals surface area contributed by atoms with Gasteiger partial charge in [0.15, 0.2) is 0 Å². The van der Waals surface area contributed by atoms with Crippen LogP contribution < -0.4 is 10.2 Å². The lowest BCUT2D eigenvalue weighted by atomic mass is 10.2. The molecule has 1 N–H and O–H groups in total. The van der Waals surface area contributed by atoms with Gasteiger partial charge in [-0.3, -0.25) is 0 Å². The Hall–Kier alpha value is -2.80. The summed E-state index contributed by atoms with van der Waals surface area (Å²) in [7, 11) is 1.31. The zero-order chi connectivity index (χ0) is 19.4. The number of carbonyl (C=O) groups is 2. The van der Waals surface area contributed by atoms with Crippen molar-refractivity contribution in [3.8, 4) is 0 Å². The molecule has 1 heterocycles. The number of nitrogens with zero attached hydrogens (tertiary/aromatic N) is 2. The van der Waals surface area contributed by atoms with Crippen molar-refractivity contribution in [2.75, 3.05) is 43.5 Å². The molecule has 142 valence electrons. The molecular formula is C19H19ClFN3O3. The highest BCUT2D eigenvalue weighted by Crippen LogP contribution is 2.23. The van der Waals surface area contributed by atoms with E-state index in [0.717, 1.165) is 5.69 Å². The van der Waals surface area contributed by atoms with E-state index in [0.29, 0.717) is 37.4 Å². The minimum absolute atomic E-state index is 0.0816. The van der Waals surface area contributed by atoms with Gasteiger partial charge in [0.25, 0.3) is 0 Å². The SMILES string of the molecule is COC(=O)c1cccc(NC(=O)N2CCN(c3ccc(F)c(Cl)c3)CC2)c1. The zero-order valence-corrected chi connectivity index (χ0v) is 15.5. The second-order valence-electron chi connectivity index (χ2n) is 6.08. The number of nitrogens with one attached hydrogen (secondary N) is 1. The highest BCUT2D eigenvalue weighted by atomic mass is 35.5. The third-order valence-electron chi connectivity index (χ3n) is 4.37. The van der Waals surface area contributed by atoms with Gasteiger partial charge in [0, 0.05) is 37.6 Å². The predicted molar refractivity (Wildman–Crippen MR) is 102 cm³/mol. The Morgan fingerprint density at radius 2 is 1.85 bits per heavy atom. The molecule has 1 saturated heterocycles. The third-order valence-corrected chi connectivity index (χ3v) is 4.66. The van der Waals surface area contributed by atoms with E-state index in [1.54, 1.807) is 41.3 Å². The first-order chi connectivity index (χ1) is 13.0. The maximum atomic E-state index is 13.3. The number of urea groups is 1. The summed E-state index contributed by atoms with van der Waals surface area (Å²) in [5.74, 6) is -0.912. The van der Waals surface area contributed by atoms with Crippen LogP contribution in [0.2, 0.25) is 5.02 Å². The van der Waals surface area contributed by atoms with Crippen molar-refractivity contribution < 1.29 is 18.7 Å². The van der Waals surface area contributed by atoms with Crippen molar-refractivity contribution in [1.82, 2.24) is 4.90 Å². The van der Waals surface area contributed by atoms with E-state index in [9.17, 15) is 14.0 Å². The van der Waals surface area contributed by atoms with Gasteiger partial charge in [0.2, 0.25) is 0 Å². The second-order valence-corrected chi connectivity index (χ2v) is 6.48. The quantitative estimate of drug-likeness (QED) is 0.812. The molecule has 3 rings (SSSR count). The molecule has 6 nitrogen and oxygen atoms in total. The normalized spacial score (nSPS) is 14.0. The fourth-order valence-electron chi connectivity index (χ4n) is 2.89. The molecule has 2 aromatic carbocycles. The number of ether oxygens (including phenoxy) is 1. The molecule has 2 aromatic rings. The van der Waals surface area contributed by atoms with Gasteiger partial charge in [-0.15, -0.1) is 0 Å². The first-order valence-corrected chi connectivity index (χ1v) is 8.80. The van der Waals surface area contributed by atoms with Crippen LogP contribution in [-0.2, 0) is 4.74 Å². The molecule has 0 aliphatic carbocycles. The number of piperazine rings is 1. The lowest BCUT2D eigenvalue weighted by Crippen LogP contribution is -2.50. The summed E-state index contributed by atoms with van der Waals surface area (Å²) in [6.45, 7) is 2.24. The minimum atomic E-state index is -0.460. The van der Waals surface area contributed by atoms with Crippen LogP contribution in [0.25, 0.3) is 0 Å². The molecular weight excluding hydrogens is 373 g/mol. The van der Waals surface area contributed by atoms with Crippen LogP contribution in [0.1, 0.15) is 10.4 Å². The molecule has 0 bridgehead atoms. The molecule has 0 saturated carbocycles. The topological polar surface area (TPSA) is 61.9 Å². The van der Waals surface area contributed by atoms with Crippen LogP contribution in [0, 0.1) is 5.82 Å². The number of hydrogen-bond acceptors (Lipinski definition) is 4. The molecule has 0 aromatic heterocycles. The number of methoxy groups -OCH3 is 1. The van der Waals surface area contributed by atoms with Gasteiger partial charge in [-0.05, 0) is 36.4 Å². The molecule has 0 atom stereocenters. The molecule has 0 unspecified atom stereocenters. The Morgan fingerprint density at radius 1 is 1.11 bits per heavy atom. The summed E-state index contributed by atoms with van der Waals surface area (Å²) < 4.78 is 18.0. The van der Waals surface area contributed by atoms with E-state index >= 15 is 0 Å². The molecule has 27 heavy (non-hydrogen) atoms. The number of halogens is 2. The maximum Gasteiger partial charge on any atom is 0.337 e. The van der Waals surface area contributed by atoms with E-state index in [-0.39, 0.29) is 11.1 Å². The van der Waals surface area contributed by atoms with Crippen molar-refractivity contribution in [2.24, 2.45) is 0 Å². The van der Waals surface area contributed by atoms with E-state index in [1.165, 1.54) is 13.2 Å². The largest absolute Gasteiger partial charge is 0.465 e. The third kappa shape index (κ3) is 4.49. The number of carbonyl (C=O) groups excluding carboxylic acids is 2. The Morgan fingerprint density at radius 3 is 2.52 bits per heavy atom. The first-order valence-electron chi connectivity index (χ1n) is 8.42. The minimum Gasteiger partial charge on any atom is -0.465 e. The molecule has 1 aliphatic rings. The Balaban J connectivity index is 1.58. The van der Waals surface area contributed by atoms with Crippen molar-refractivity contribution in [3.63, 3.8) is 0 Å². The van der Waals surface area contributed by atoms with Crippen LogP contribution >= 0.6 is 11.6 Å². The van der Waals surface area contributed by atoms with E-state index in [1.807, 2.05) is 4.90 Å². The van der Waals surface area contributed by atoms with Crippen molar-refractivity contribution >= 4 is 35.0 Å². The van der Waals surface area contributed by atoms with Gasteiger partial charge in [-0.25, -0.2) is 14.0 Å². The molecule has 8 heteroatoms. The number of esters is 1. The van der Waals surface area contributed by atoms with Crippen LogP contribution in [-0.4, -0.2) is 50.2 Å². The van der Waals surface area contributed by atoms with Crippen LogP contribution in [0.4, 0.5) is 20.6 Å². The number of hydrogen-bond donors (Lipinski definition) is 1. The van der Waals surface area contributed by atoms with Gasteiger partial charge >= 0.3 is 12.0 Å². The number of anilines is 2. The highest BCUT2D eigenvalue weighted by Gasteiger charge is 2.22. The molecule has 1 aliphatic heterocycles. The monoisotopic (exact) mass is 391 g/mol. The standard InChI is InChI=1S/C19H19ClFN3O3/c1-27-18(25)13-3-2-4-14(11-13)22-19(26)24-9-7-23(8-10-24)15-5-6-17(21)16(20)12-15/h2-6,11-12H,7-10H2,1H3,(H,22,26). The smallest absolute Gasteiger partial charge is 0.337 e. The summed E-state index contributed by atoms with van der Waals surface area (Å²) in [6.07, 6.45) is 0. The average Bonchev–Trinajstić information content (AvgIpc) is 2.69. The van der Waals surface area contributed by atoms with Gasteiger partial charge < -0.3 is 19.9 Å². The van der Waals surface area contributed by atoms with Crippen LogP contribution in [0.15, 0.2) is 42.5 Å². The van der Waals surface area contributed by atoms with Crippen molar-refractivity contribution in [2.45, 2.75) is 0 Å². The fraction of sp³-hybridized carbons (Fsp3) is 0.263. The Kier molecular flexibility index (Phi) is 5.81. The van der Waals surface area contributed by atoms with Gasteiger partial charge in [0.1, 0.15) is 5.82 Å². The summed E-state index contributed by atoms with van der Waals surface area (Å²) in [6, 6.07) is 10.9. The lowest BCUT2D eigenvalue weighted by molar-refractivity contribution is 0.0600. The number of benzene rings is 2. The maximum absolute atomic E-state index is 13.3. The van der Waals surface area contributed by atoms with E-state index < -0.39 is 11.8 Å². The summed E-state index contributed by atoms with van der Waals surface area (Å²) in [5, 5.41) is 2.87. The lowest BCUT2D eigenvalue weighted by Gasteiger charge is -2.36. The van der Waals surface area contributed by atoms with E-state index in [4.69, 9.17) is 11.6 Å². The Bertz CT molecular complexity index is 854.